The van der Waals surface area contributed by atoms with Crippen LogP contribution in [-0.2, 0) is 4.79 Å². The molecule has 1 aromatic heterocycles. The molecular weight excluding hydrogens is 254 g/mol. The summed E-state index contributed by atoms with van der Waals surface area (Å²) in [5, 5.41) is 9.34. The standard InChI is InChI=1S/C15H19N3O2/c1-2-12(18-9-5-8-13(18)15(19)20)14-16-10-6-3-4-7-11(10)17-14/h3-4,6-7,12-13H,2,5,8-9H2,1H3,(H,16,17)(H,19,20). The minimum absolute atomic E-state index is 0.0472. The summed E-state index contributed by atoms with van der Waals surface area (Å²) in [6, 6.07) is 7.57. The quantitative estimate of drug-likeness (QED) is 0.898. The number of para-hydroxylation sites is 2. The number of rotatable bonds is 4. The lowest BCUT2D eigenvalue weighted by Gasteiger charge is -2.28. The molecule has 0 radical (unpaired) electrons. The second-order valence-corrected chi connectivity index (χ2v) is 5.30. The van der Waals surface area contributed by atoms with Gasteiger partial charge in [0.25, 0.3) is 0 Å². The number of fused-ring (bicyclic) bond motifs is 1. The Bertz CT molecular complexity index is 589. The van der Waals surface area contributed by atoms with Gasteiger partial charge in [-0.1, -0.05) is 19.1 Å². The molecule has 1 aliphatic heterocycles. The molecule has 106 valence electrons. The van der Waals surface area contributed by atoms with Gasteiger partial charge in [0.15, 0.2) is 0 Å². The smallest absolute Gasteiger partial charge is 0.320 e. The zero-order valence-electron chi connectivity index (χ0n) is 11.5. The fraction of sp³-hybridized carbons (Fsp3) is 0.467. The maximum Gasteiger partial charge on any atom is 0.320 e. The Labute approximate surface area is 117 Å². The van der Waals surface area contributed by atoms with Crippen molar-refractivity contribution in [2.75, 3.05) is 6.54 Å². The van der Waals surface area contributed by atoms with E-state index >= 15 is 0 Å². The average molecular weight is 273 g/mol. The molecule has 5 heteroatoms. The van der Waals surface area contributed by atoms with Crippen LogP contribution in [0.3, 0.4) is 0 Å². The summed E-state index contributed by atoms with van der Waals surface area (Å²) in [5.74, 6) is 0.152. The Kier molecular flexibility index (Phi) is 3.44. The van der Waals surface area contributed by atoms with Crippen molar-refractivity contribution in [1.29, 1.82) is 0 Å². The summed E-state index contributed by atoms with van der Waals surface area (Å²) >= 11 is 0. The Hall–Kier alpha value is -1.88. The fourth-order valence-electron chi connectivity index (χ4n) is 3.14. The fourth-order valence-corrected chi connectivity index (χ4v) is 3.14. The van der Waals surface area contributed by atoms with Gasteiger partial charge in [0, 0.05) is 0 Å². The monoisotopic (exact) mass is 273 g/mol. The number of likely N-dealkylation sites (tertiary alicyclic amines) is 1. The first-order chi connectivity index (χ1) is 9.70. The van der Waals surface area contributed by atoms with E-state index in [9.17, 15) is 9.90 Å². The van der Waals surface area contributed by atoms with Gasteiger partial charge in [0.1, 0.15) is 11.9 Å². The minimum atomic E-state index is -0.725. The van der Waals surface area contributed by atoms with Crippen molar-refractivity contribution >= 4 is 17.0 Å². The first-order valence-corrected chi connectivity index (χ1v) is 7.14. The molecule has 2 unspecified atom stereocenters. The van der Waals surface area contributed by atoms with E-state index in [2.05, 4.69) is 21.8 Å². The lowest BCUT2D eigenvalue weighted by molar-refractivity contribution is -0.143. The molecule has 20 heavy (non-hydrogen) atoms. The van der Waals surface area contributed by atoms with E-state index in [0.29, 0.717) is 0 Å². The molecule has 1 aliphatic rings. The number of aliphatic carboxylic acids is 1. The van der Waals surface area contributed by atoms with E-state index in [0.717, 1.165) is 42.7 Å². The average Bonchev–Trinajstić information content (AvgIpc) is 3.05. The van der Waals surface area contributed by atoms with Gasteiger partial charge in [0.05, 0.1) is 17.1 Å². The highest BCUT2D eigenvalue weighted by atomic mass is 16.4. The number of carboxylic acids is 1. The number of carboxylic acid groups (broad SMARTS) is 1. The van der Waals surface area contributed by atoms with Gasteiger partial charge >= 0.3 is 5.97 Å². The lowest BCUT2D eigenvalue weighted by Crippen LogP contribution is -2.39. The summed E-state index contributed by atoms with van der Waals surface area (Å²) in [5.41, 5.74) is 1.94. The minimum Gasteiger partial charge on any atom is -0.480 e. The molecule has 5 nitrogen and oxygen atoms in total. The molecule has 1 aromatic carbocycles. The number of aromatic nitrogens is 2. The number of hydrogen-bond donors (Lipinski definition) is 2. The third-order valence-corrected chi connectivity index (χ3v) is 4.09. The molecule has 2 aromatic rings. The van der Waals surface area contributed by atoms with Crippen LogP contribution in [0.15, 0.2) is 24.3 Å². The lowest BCUT2D eigenvalue weighted by atomic mass is 10.1. The largest absolute Gasteiger partial charge is 0.480 e. The van der Waals surface area contributed by atoms with E-state index in [1.54, 1.807) is 0 Å². The van der Waals surface area contributed by atoms with Crippen LogP contribution in [0, 0.1) is 0 Å². The topological polar surface area (TPSA) is 69.2 Å². The third-order valence-electron chi connectivity index (χ3n) is 4.09. The van der Waals surface area contributed by atoms with Crippen molar-refractivity contribution in [2.24, 2.45) is 0 Å². The molecule has 1 fully saturated rings. The van der Waals surface area contributed by atoms with Gasteiger partial charge in [0.2, 0.25) is 0 Å². The van der Waals surface area contributed by atoms with Crippen LogP contribution in [0.2, 0.25) is 0 Å². The number of benzene rings is 1. The van der Waals surface area contributed by atoms with Gasteiger partial charge in [-0.2, -0.15) is 0 Å². The number of hydrogen-bond acceptors (Lipinski definition) is 3. The predicted octanol–water partition coefficient (Wildman–Crippen LogP) is 2.56. The first-order valence-electron chi connectivity index (χ1n) is 7.14. The van der Waals surface area contributed by atoms with Gasteiger partial charge in [-0.3, -0.25) is 9.69 Å². The maximum absolute atomic E-state index is 11.4. The van der Waals surface area contributed by atoms with Gasteiger partial charge in [-0.15, -0.1) is 0 Å². The summed E-state index contributed by atoms with van der Waals surface area (Å²) < 4.78 is 0. The number of imidazole rings is 1. The molecule has 0 spiro atoms. The van der Waals surface area contributed by atoms with Crippen molar-refractivity contribution in [3.63, 3.8) is 0 Å². The van der Waals surface area contributed by atoms with Crippen LogP contribution in [0.1, 0.15) is 38.1 Å². The second kappa shape index (κ2) is 5.25. The van der Waals surface area contributed by atoms with Crippen molar-refractivity contribution in [1.82, 2.24) is 14.9 Å². The number of H-pyrrole nitrogens is 1. The van der Waals surface area contributed by atoms with Gasteiger partial charge in [-0.05, 0) is 37.9 Å². The number of aromatic amines is 1. The zero-order chi connectivity index (χ0) is 14.1. The van der Waals surface area contributed by atoms with Crippen LogP contribution in [0.5, 0.6) is 0 Å². The third kappa shape index (κ3) is 2.18. The van der Waals surface area contributed by atoms with Crippen LogP contribution in [-0.4, -0.2) is 38.5 Å². The molecule has 2 N–H and O–H groups in total. The number of nitrogens with zero attached hydrogens (tertiary/aromatic N) is 2. The molecule has 1 saturated heterocycles. The molecule has 3 rings (SSSR count). The van der Waals surface area contributed by atoms with E-state index in [-0.39, 0.29) is 12.1 Å². The molecule has 0 aliphatic carbocycles. The molecule has 0 bridgehead atoms. The first kappa shape index (κ1) is 13.1. The second-order valence-electron chi connectivity index (χ2n) is 5.30. The highest BCUT2D eigenvalue weighted by Gasteiger charge is 2.36. The highest BCUT2D eigenvalue weighted by Crippen LogP contribution is 2.31. The van der Waals surface area contributed by atoms with Crippen LogP contribution >= 0.6 is 0 Å². The maximum atomic E-state index is 11.4. The summed E-state index contributed by atoms with van der Waals surface area (Å²) in [6.07, 6.45) is 2.52. The number of nitrogens with one attached hydrogen (secondary N) is 1. The van der Waals surface area contributed by atoms with E-state index in [1.807, 2.05) is 24.3 Å². The normalized spacial score (nSPS) is 21.4. The van der Waals surface area contributed by atoms with Crippen LogP contribution in [0.25, 0.3) is 11.0 Å². The Balaban J connectivity index is 1.94. The van der Waals surface area contributed by atoms with Gasteiger partial charge < -0.3 is 10.1 Å². The Morgan fingerprint density at radius 3 is 3.05 bits per heavy atom. The Morgan fingerprint density at radius 2 is 2.35 bits per heavy atom. The number of carbonyl (C=O) groups is 1. The van der Waals surface area contributed by atoms with Crippen LogP contribution < -0.4 is 0 Å². The molecule has 2 heterocycles. The highest BCUT2D eigenvalue weighted by molar-refractivity contribution is 5.75. The predicted molar refractivity (Wildman–Crippen MR) is 76.5 cm³/mol. The molecule has 0 amide bonds. The Morgan fingerprint density at radius 1 is 1.55 bits per heavy atom. The van der Waals surface area contributed by atoms with Crippen molar-refractivity contribution in [3.05, 3.63) is 30.1 Å². The summed E-state index contributed by atoms with van der Waals surface area (Å²) in [7, 11) is 0. The van der Waals surface area contributed by atoms with Crippen molar-refractivity contribution < 1.29 is 9.90 Å². The zero-order valence-corrected chi connectivity index (χ0v) is 11.5. The summed E-state index contributed by atoms with van der Waals surface area (Å²) in [4.78, 5) is 21.4. The van der Waals surface area contributed by atoms with E-state index in [1.165, 1.54) is 0 Å². The molecule has 2 atom stereocenters. The van der Waals surface area contributed by atoms with Crippen LogP contribution in [0.4, 0.5) is 0 Å². The van der Waals surface area contributed by atoms with Crippen molar-refractivity contribution in [3.8, 4) is 0 Å². The molecular formula is C15H19N3O2. The summed E-state index contributed by atoms with van der Waals surface area (Å²) in [6.45, 7) is 2.90. The molecule has 0 saturated carbocycles. The van der Waals surface area contributed by atoms with Gasteiger partial charge in [-0.25, -0.2) is 4.98 Å². The van der Waals surface area contributed by atoms with E-state index in [4.69, 9.17) is 0 Å². The van der Waals surface area contributed by atoms with Crippen molar-refractivity contribution in [2.45, 2.75) is 38.3 Å². The SMILES string of the molecule is CCC(c1nc2ccccc2[nH]1)N1CCCC1C(=O)O. The van der Waals surface area contributed by atoms with E-state index < -0.39 is 5.97 Å².